The third-order valence-corrected chi connectivity index (χ3v) is 8.06. The molecule has 3 aromatic rings. The quantitative estimate of drug-likeness (QED) is 0.518. The van der Waals surface area contributed by atoms with Crippen molar-refractivity contribution in [3.8, 4) is 34.3 Å². The van der Waals surface area contributed by atoms with Gasteiger partial charge in [0.2, 0.25) is 5.92 Å². The first-order valence-electron chi connectivity index (χ1n) is 12.6. The molecular formula is C27H28F2N6O2. The number of imidazole rings is 1. The molecule has 3 aliphatic rings. The molecule has 2 aliphatic heterocycles. The SMILES string of the molecule is COc1cc2c(cc1-c1ccn(C)n1)-c1c(C3CC(F)(F)C3)nc(C(=O)N3CCC[C@]3(C)C#N)n1CC2. The second-order valence-electron chi connectivity index (χ2n) is 10.6. The lowest BCUT2D eigenvalue weighted by molar-refractivity contribution is -0.0874. The van der Waals surface area contributed by atoms with Crippen molar-refractivity contribution in [2.75, 3.05) is 13.7 Å². The van der Waals surface area contributed by atoms with E-state index in [4.69, 9.17) is 9.72 Å². The molecule has 192 valence electrons. The van der Waals surface area contributed by atoms with Gasteiger partial charge < -0.3 is 14.2 Å². The highest BCUT2D eigenvalue weighted by molar-refractivity contribution is 5.94. The van der Waals surface area contributed by atoms with Crippen LogP contribution in [0.2, 0.25) is 0 Å². The van der Waals surface area contributed by atoms with Crippen LogP contribution in [0.4, 0.5) is 8.78 Å². The van der Waals surface area contributed by atoms with Crippen molar-refractivity contribution >= 4 is 5.91 Å². The average molecular weight is 507 g/mol. The lowest BCUT2D eigenvalue weighted by Crippen LogP contribution is -2.45. The van der Waals surface area contributed by atoms with Crippen LogP contribution in [0.5, 0.6) is 5.75 Å². The van der Waals surface area contributed by atoms with Crippen LogP contribution in [-0.2, 0) is 20.0 Å². The van der Waals surface area contributed by atoms with Gasteiger partial charge in [-0.3, -0.25) is 9.48 Å². The number of likely N-dealkylation sites (tertiary alicyclic amines) is 1. The van der Waals surface area contributed by atoms with E-state index in [1.807, 2.05) is 36.0 Å². The van der Waals surface area contributed by atoms with Crippen molar-refractivity contribution in [1.29, 1.82) is 5.26 Å². The summed E-state index contributed by atoms with van der Waals surface area (Å²) in [5.41, 5.74) is 3.72. The van der Waals surface area contributed by atoms with Crippen molar-refractivity contribution < 1.29 is 18.3 Å². The molecule has 0 N–H and O–H groups in total. The second-order valence-corrected chi connectivity index (χ2v) is 10.6. The number of nitriles is 1. The summed E-state index contributed by atoms with van der Waals surface area (Å²) in [6.45, 7) is 2.73. The lowest BCUT2D eigenvalue weighted by Gasteiger charge is -2.35. The molecule has 1 aromatic carbocycles. The van der Waals surface area contributed by atoms with E-state index in [0.717, 1.165) is 28.8 Å². The maximum Gasteiger partial charge on any atom is 0.291 e. The minimum absolute atomic E-state index is 0.226. The number of alkyl halides is 2. The third kappa shape index (κ3) is 3.63. The number of aryl methyl sites for hydroxylation is 2. The van der Waals surface area contributed by atoms with Crippen LogP contribution < -0.4 is 4.74 Å². The number of ether oxygens (including phenoxy) is 1. The normalized spacial score (nSPS) is 22.2. The largest absolute Gasteiger partial charge is 0.496 e. The minimum Gasteiger partial charge on any atom is -0.496 e. The summed E-state index contributed by atoms with van der Waals surface area (Å²) in [6, 6.07) is 8.13. The fourth-order valence-electron chi connectivity index (χ4n) is 6.01. The molecule has 1 amide bonds. The van der Waals surface area contributed by atoms with Crippen LogP contribution in [-0.4, -0.2) is 55.3 Å². The number of hydrogen-bond acceptors (Lipinski definition) is 5. The summed E-state index contributed by atoms with van der Waals surface area (Å²) >= 11 is 0. The van der Waals surface area contributed by atoms with Gasteiger partial charge in [0.25, 0.3) is 5.91 Å². The monoisotopic (exact) mass is 506 g/mol. The Bertz CT molecular complexity index is 1460. The lowest BCUT2D eigenvalue weighted by atomic mass is 9.77. The minimum atomic E-state index is -2.73. The summed E-state index contributed by atoms with van der Waals surface area (Å²) in [7, 11) is 3.45. The van der Waals surface area contributed by atoms with Crippen LogP contribution in [0, 0.1) is 11.3 Å². The van der Waals surface area contributed by atoms with E-state index in [2.05, 4.69) is 11.2 Å². The van der Waals surface area contributed by atoms with Gasteiger partial charge >= 0.3 is 0 Å². The Balaban J connectivity index is 1.52. The fourth-order valence-corrected chi connectivity index (χ4v) is 6.01. The van der Waals surface area contributed by atoms with Crippen LogP contribution in [0.3, 0.4) is 0 Å². The summed E-state index contributed by atoms with van der Waals surface area (Å²) in [5.74, 6) is -2.58. The van der Waals surface area contributed by atoms with Gasteiger partial charge in [-0.05, 0) is 49.9 Å². The summed E-state index contributed by atoms with van der Waals surface area (Å²) < 4.78 is 37.2. The Labute approximate surface area is 213 Å². The van der Waals surface area contributed by atoms with Gasteiger partial charge in [0.05, 0.1) is 30.3 Å². The summed E-state index contributed by atoms with van der Waals surface area (Å²) in [6.07, 6.45) is 3.24. The number of methoxy groups -OCH3 is 1. The van der Waals surface area contributed by atoms with Crippen LogP contribution >= 0.6 is 0 Å². The Hall–Kier alpha value is -3.74. The maximum absolute atomic E-state index is 14.0. The van der Waals surface area contributed by atoms with E-state index in [1.54, 1.807) is 23.6 Å². The van der Waals surface area contributed by atoms with Gasteiger partial charge in [-0.1, -0.05) is 0 Å². The molecule has 4 heterocycles. The number of amides is 1. The maximum atomic E-state index is 14.0. The van der Waals surface area contributed by atoms with Gasteiger partial charge in [0.15, 0.2) is 5.82 Å². The van der Waals surface area contributed by atoms with Crippen molar-refractivity contribution in [3.05, 3.63) is 41.5 Å². The molecule has 0 spiro atoms. The fraction of sp³-hybridized carbons (Fsp3) is 0.481. The molecule has 1 saturated carbocycles. The third-order valence-electron chi connectivity index (χ3n) is 8.06. The highest BCUT2D eigenvalue weighted by atomic mass is 19.3. The highest BCUT2D eigenvalue weighted by Gasteiger charge is 2.49. The number of halogens is 2. The van der Waals surface area contributed by atoms with Crippen molar-refractivity contribution in [3.63, 3.8) is 0 Å². The van der Waals surface area contributed by atoms with Gasteiger partial charge in [-0.2, -0.15) is 10.4 Å². The molecule has 0 radical (unpaired) electrons. The number of carbonyl (C=O) groups excluding carboxylic acids is 1. The zero-order valence-electron chi connectivity index (χ0n) is 21.1. The molecule has 2 aromatic heterocycles. The van der Waals surface area contributed by atoms with Crippen LogP contribution in [0.15, 0.2) is 24.4 Å². The van der Waals surface area contributed by atoms with Gasteiger partial charge in [-0.25, -0.2) is 13.8 Å². The van der Waals surface area contributed by atoms with E-state index in [0.29, 0.717) is 43.1 Å². The number of carbonyl (C=O) groups is 1. The second kappa shape index (κ2) is 8.13. The first-order chi connectivity index (χ1) is 17.6. The molecule has 1 aliphatic carbocycles. The molecule has 37 heavy (non-hydrogen) atoms. The summed E-state index contributed by atoms with van der Waals surface area (Å²) in [4.78, 5) is 20.1. The Morgan fingerprint density at radius 2 is 2.03 bits per heavy atom. The van der Waals surface area contributed by atoms with E-state index in [9.17, 15) is 18.8 Å². The van der Waals surface area contributed by atoms with Crippen molar-refractivity contribution in [1.82, 2.24) is 24.2 Å². The average Bonchev–Trinajstić information content (AvgIpc) is 3.58. The number of fused-ring (bicyclic) bond motifs is 3. The molecule has 0 bridgehead atoms. The predicted molar refractivity (Wildman–Crippen MR) is 131 cm³/mol. The molecule has 1 saturated heterocycles. The number of nitrogens with zero attached hydrogens (tertiary/aromatic N) is 6. The van der Waals surface area contributed by atoms with Crippen LogP contribution in [0.25, 0.3) is 22.5 Å². The molecule has 8 nitrogen and oxygen atoms in total. The first kappa shape index (κ1) is 23.6. The Morgan fingerprint density at radius 1 is 1.24 bits per heavy atom. The standard InChI is InChI=1S/C27H28F2N6O2/c1-26(15-30)7-4-8-35(26)25(36)24-31-22(17-13-27(28,29)14-17)23-18-12-19(20-6-9-33(2)32-20)21(37-3)11-16(18)5-10-34(23)24/h6,9,11-12,17H,4-5,7-8,10,13-14H2,1-3H3/t26-/m1/s1. The van der Waals surface area contributed by atoms with E-state index < -0.39 is 17.4 Å². The number of aromatic nitrogens is 4. The van der Waals surface area contributed by atoms with Gasteiger partial charge in [0, 0.05) is 56.2 Å². The van der Waals surface area contributed by atoms with E-state index in [-0.39, 0.29) is 24.6 Å². The van der Waals surface area contributed by atoms with Gasteiger partial charge in [0.1, 0.15) is 11.3 Å². The summed E-state index contributed by atoms with van der Waals surface area (Å²) in [5, 5.41) is 14.3. The zero-order valence-corrected chi connectivity index (χ0v) is 21.1. The molecule has 2 fully saturated rings. The number of rotatable bonds is 4. The Morgan fingerprint density at radius 3 is 2.68 bits per heavy atom. The Kier molecular flexibility index (Phi) is 5.20. The number of benzene rings is 1. The molecule has 10 heteroatoms. The van der Waals surface area contributed by atoms with Gasteiger partial charge in [-0.15, -0.1) is 0 Å². The van der Waals surface area contributed by atoms with Crippen molar-refractivity contribution in [2.45, 2.75) is 63.0 Å². The predicted octanol–water partition coefficient (Wildman–Crippen LogP) is 4.55. The molecule has 0 unspecified atom stereocenters. The zero-order chi connectivity index (χ0) is 26.1. The van der Waals surface area contributed by atoms with Crippen molar-refractivity contribution in [2.24, 2.45) is 7.05 Å². The van der Waals surface area contributed by atoms with E-state index in [1.165, 1.54) is 0 Å². The first-order valence-corrected chi connectivity index (χ1v) is 12.6. The smallest absolute Gasteiger partial charge is 0.291 e. The number of hydrogen-bond donors (Lipinski definition) is 0. The molecular weight excluding hydrogens is 478 g/mol. The van der Waals surface area contributed by atoms with E-state index >= 15 is 0 Å². The highest BCUT2D eigenvalue weighted by Crippen LogP contribution is 2.52. The molecule has 1 atom stereocenters. The van der Waals surface area contributed by atoms with Crippen LogP contribution in [0.1, 0.15) is 60.4 Å². The molecule has 6 rings (SSSR count). The topological polar surface area (TPSA) is 89.0 Å².